The lowest BCUT2D eigenvalue weighted by Gasteiger charge is -2.11. The molecule has 0 radical (unpaired) electrons. The summed E-state index contributed by atoms with van der Waals surface area (Å²) in [5.74, 6) is -0.00297. The van der Waals surface area contributed by atoms with Gasteiger partial charge < -0.3 is 16.0 Å². The molecule has 0 unspecified atom stereocenters. The number of carbonyl (C=O) groups is 2. The topological polar surface area (TPSA) is 83.1 Å². The summed E-state index contributed by atoms with van der Waals surface area (Å²) in [5, 5.41) is 8.40. The number of amides is 2. The molecule has 0 saturated heterocycles. The van der Waals surface area contributed by atoms with E-state index in [0.29, 0.717) is 22.4 Å². The molecular formula is C14H21BrN4O2. The van der Waals surface area contributed by atoms with E-state index in [2.05, 4.69) is 36.9 Å². The molecule has 2 amide bonds. The molecule has 0 aliphatic heterocycles. The summed E-state index contributed by atoms with van der Waals surface area (Å²) in [6, 6.07) is 1.68. The van der Waals surface area contributed by atoms with E-state index in [-0.39, 0.29) is 18.4 Å². The number of hydrogen-bond donors (Lipinski definition) is 3. The summed E-state index contributed by atoms with van der Waals surface area (Å²) in [7, 11) is 0. The number of carbonyl (C=O) groups excluding carboxylic acids is 2. The number of pyridine rings is 1. The van der Waals surface area contributed by atoms with E-state index in [1.807, 2.05) is 13.8 Å². The van der Waals surface area contributed by atoms with E-state index in [1.165, 1.54) is 0 Å². The van der Waals surface area contributed by atoms with Crippen molar-refractivity contribution in [2.45, 2.75) is 26.7 Å². The zero-order valence-corrected chi connectivity index (χ0v) is 13.9. The van der Waals surface area contributed by atoms with Crippen LogP contribution in [-0.2, 0) is 4.79 Å². The summed E-state index contributed by atoms with van der Waals surface area (Å²) in [4.78, 5) is 27.9. The predicted octanol–water partition coefficient (Wildman–Crippen LogP) is 1.92. The second-order valence-corrected chi connectivity index (χ2v) is 5.42. The van der Waals surface area contributed by atoms with E-state index in [9.17, 15) is 9.59 Å². The van der Waals surface area contributed by atoms with Crippen molar-refractivity contribution in [2.24, 2.45) is 0 Å². The first-order valence-corrected chi connectivity index (χ1v) is 7.82. The van der Waals surface area contributed by atoms with Gasteiger partial charge >= 0.3 is 0 Å². The minimum Gasteiger partial charge on any atom is -0.369 e. The zero-order chi connectivity index (χ0) is 15.7. The molecule has 0 atom stereocenters. The molecule has 1 rings (SSSR count). The molecule has 0 bridgehead atoms. The Morgan fingerprint density at radius 2 is 1.90 bits per heavy atom. The molecule has 1 heterocycles. The quantitative estimate of drug-likeness (QED) is 0.664. The van der Waals surface area contributed by atoms with E-state index >= 15 is 0 Å². The minimum atomic E-state index is -0.325. The van der Waals surface area contributed by atoms with Gasteiger partial charge in [0.1, 0.15) is 5.82 Å². The van der Waals surface area contributed by atoms with Gasteiger partial charge in [0, 0.05) is 23.8 Å². The smallest absolute Gasteiger partial charge is 0.255 e. The van der Waals surface area contributed by atoms with Gasteiger partial charge in [-0.05, 0) is 34.8 Å². The number of anilines is 1. The zero-order valence-electron chi connectivity index (χ0n) is 12.3. The highest BCUT2D eigenvalue weighted by molar-refractivity contribution is 9.10. The van der Waals surface area contributed by atoms with Crippen LogP contribution in [0.25, 0.3) is 0 Å². The summed E-state index contributed by atoms with van der Waals surface area (Å²) in [5.41, 5.74) is 0.418. The third-order valence-electron chi connectivity index (χ3n) is 2.62. The number of rotatable bonds is 8. The molecular weight excluding hydrogens is 336 g/mol. The molecule has 0 saturated carbocycles. The predicted molar refractivity (Wildman–Crippen MR) is 86.4 cm³/mol. The lowest BCUT2D eigenvalue weighted by Crippen LogP contribution is -2.37. The molecule has 116 valence electrons. The molecule has 0 fully saturated rings. The van der Waals surface area contributed by atoms with Gasteiger partial charge in [0.2, 0.25) is 5.91 Å². The molecule has 0 spiro atoms. The highest BCUT2D eigenvalue weighted by Gasteiger charge is 2.14. The van der Waals surface area contributed by atoms with Crippen molar-refractivity contribution in [1.29, 1.82) is 0 Å². The Hall–Kier alpha value is -1.63. The Morgan fingerprint density at radius 1 is 1.19 bits per heavy atom. The van der Waals surface area contributed by atoms with Gasteiger partial charge in [0.25, 0.3) is 5.91 Å². The number of nitrogens with zero attached hydrogens (tertiary/aromatic N) is 1. The van der Waals surface area contributed by atoms with Crippen LogP contribution in [0.5, 0.6) is 0 Å². The summed E-state index contributed by atoms with van der Waals surface area (Å²) >= 11 is 3.30. The van der Waals surface area contributed by atoms with Gasteiger partial charge in [0.05, 0.1) is 12.1 Å². The molecule has 1 aromatic rings. The minimum absolute atomic E-state index is 0.0431. The van der Waals surface area contributed by atoms with Crippen molar-refractivity contribution in [3.63, 3.8) is 0 Å². The van der Waals surface area contributed by atoms with E-state index in [1.54, 1.807) is 12.3 Å². The number of nitrogens with one attached hydrogen (secondary N) is 3. The van der Waals surface area contributed by atoms with Crippen molar-refractivity contribution in [3.05, 3.63) is 22.3 Å². The number of hydrogen-bond acceptors (Lipinski definition) is 4. The summed E-state index contributed by atoms with van der Waals surface area (Å²) in [6.45, 7) is 5.29. The molecule has 3 N–H and O–H groups in total. The van der Waals surface area contributed by atoms with Crippen LogP contribution in [-0.4, -0.2) is 36.4 Å². The van der Waals surface area contributed by atoms with E-state index < -0.39 is 0 Å². The van der Waals surface area contributed by atoms with Crippen LogP contribution >= 0.6 is 15.9 Å². The van der Waals surface area contributed by atoms with Gasteiger partial charge in [-0.1, -0.05) is 13.8 Å². The van der Waals surface area contributed by atoms with Gasteiger partial charge in [0.15, 0.2) is 0 Å². The van der Waals surface area contributed by atoms with Gasteiger partial charge in [-0.2, -0.15) is 0 Å². The van der Waals surface area contributed by atoms with Crippen molar-refractivity contribution in [1.82, 2.24) is 15.6 Å². The largest absolute Gasteiger partial charge is 0.369 e. The molecule has 6 nitrogen and oxygen atoms in total. The highest BCUT2D eigenvalue weighted by Crippen LogP contribution is 2.18. The molecule has 21 heavy (non-hydrogen) atoms. The van der Waals surface area contributed by atoms with Crippen LogP contribution in [0.2, 0.25) is 0 Å². The van der Waals surface area contributed by atoms with Crippen LogP contribution in [0, 0.1) is 0 Å². The van der Waals surface area contributed by atoms with Gasteiger partial charge in [-0.3, -0.25) is 9.59 Å². The second-order valence-electron chi connectivity index (χ2n) is 4.51. The fourth-order valence-corrected chi connectivity index (χ4v) is 1.91. The molecule has 0 aromatic carbocycles. The summed E-state index contributed by atoms with van der Waals surface area (Å²) < 4.78 is 0.713. The Bertz CT molecular complexity index is 494. The van der Waals surface area contributed by atoms with Crippen molar-refractivity contribution < 1.29 is 9.59 Å². The van der Waals surface area contributed by atoms with Crippen LogP contribution in [0.1, 0.15) is 37.0 Å². The highest BCUT2D eigenvalue weighted by atomic mass is 79.9. The van der Waals surface area contributed by atoms with Crippen molar-refractivity contribution >= 4 is 33.6 Å². The fourth-order valence-electron chi connectivity index (χ4n) is 1.58. The van der Waals surface area contributed by atoms with Crippen LogP contribution in [0.4, 0.5) is 5.82 Å². The average molecular weight is 357 g/mol. The first-order chi connectivity index (χ1) is 10.1. The Kier molecular flexibility index (Phi) is 7.74. The Morgan fingerprint density at radius 3 is 2.57 bits per heavy atom. The molecule has 1 aromatic heterocycles. The lowest BCUT2D eigenvalue weighted by atomic mass is 10.2. The second kappa shape index (κ2) is 9.33. The van der Waals surface area contributed by atoms with Gasteiger partial charge in [-0.15, -0.1) is 0 Å². The van der Waals surface area contributed by atoms with Crippen molar-refractivity contribution in [2.75, 3.05) is 25.0 Å². The Labute approximate surface area is 133 Å². The third-order valence-corrected chi connectivity index (χ3v) is 3.06. The number of halogens is 1. The standard InChI is InChI=1S/C14H21BrN4O2/c1-3-5-16-12(20)9-19-14(21)11-7-10(15)8-18-13(11)17-6-4-2/h7-8H,3-6,9H2,1-2H3,(H,16,20)(H,17,18)(H,19,21). The maximum Gasteiger partial charge on any atom is 0.255 e. The SMILES string of the molecule is CCCNC(=O)CNC(=O)c1cc(Br)cnc1NCCC. The fraction of sp³-hybridized carbons (Fsp3) is 0.500. The average Bonchev–Trinajstić information content (AvgIpc) is 2.49. The third kappa shape index (κ3) is 6.12. The van der Waals surface area contributed by atoms with E-state index in [0.717, 1.165) is 19.4 Å². The first kappa shape index (κ1) is 17.4. The van der Waals surface area contributed by atoms with E-state index in [4.69, 9.17) is 0 Å². The Balaban J connectivity index is 2.67. The molecule has 0 aliphatic rings. The maximum atomic E-state index is 12.2. The molecule has 7 heteroatoms. The van der Waals surface area contributed by atoms with Crippen LogP contribution in [0.3, 0.4) is 0 Å². The number of aromatic nitrogens is 1. The van der Waals surface area contributed by atoms with Crippen LogP contribution in [0.15, 0.2) is 16.7 Å². The first-order valence-electron chi connectivity index (χ1n) is 7.02. The normalized spacial score (nSPS) is 10.0. The summed E-state index contributed by atoms with van der Waals surface area (Å²) in [6.07, 6.45) is 3.42. The lowest BCUT2D eigenvalue weighted by molar-refractivity contribution is -0.120. The van der Waals surface area contributed by atoms with Crippen LogP contribution < -0.4 is 16.0 Å². The maximum absolute atomic E-state index is 12.2. The molecule has 0 aliphatic carbocycles. The van der Waals surface area contributed by atoms with Crippen molar-refractivity contribution in [3.8, 4) is 0 Å². The van der Waals surface area contributed by atoms with Gasteiger partial charge in [-0.25, -0.2) is 4.98 Å². The monoisotopic (exact) mass is 356 g/mol.